The van der Waals surface area contributed by atoms with Gasteiger partial charge in [-0.2, -0.15) is 0 Å². The Morgan fingerprint density at radius 2 is 2.28 bits per heavy atom. The predicted molar refractivity (Wildman–Crippen MR) is 73.4 cm³/mol. The van der Waals surface area contributed by atoms with Crippen molar-refractivity contribution in [2.45, 2.75) is 26.3 Å². The predicted octanol–water partition coefficient (Wildman–Crippen LogP) is 3.48. The van der Waals surface area contributed by atoms with Crippen molar-refractivity contribution in [2.75, 3.05) is 6.54 Å². The fourth-order valence-electron chi connectivity index (χ4n) is 1.83. The number of hydrogen-bond donors (Lipinski definition) is 1. The highest BCUT2D eigenvalue weighted by molar-refractivity contribution is 7.09. The van der Waals surface area contributed by atoms with E-state index in [4.69, 9.17) is 0 Å². The number of rotatable bonds is 5. The summed E-state index contributed by atoms with van der Waals surface area (Å²) in [6.07, 6.45) is 0.907. The normalized spacial score (nSPS) is 12.6. The second kappa shape index (κ2) is 6.07. The number of nitrogens with zero attached hydrogens (tertiary/aromatic N) is 1. The molecule has 0 bridgehead atoms. The van der Waals surface area contributed by atoms with Gasteiger partial charge in [-0.3, -0.25) is 0 Å². The zero-order valence-electron chi connectivity index (χ0n) is 10.6. The minimum absolute atomic E-state index is 0.153. The van der Waals surface area contributed by atoms with Crippen molar-refractivity contribution in [3.05, 3.63) is 51.7 Å². The molecular formula is C14H17FN2S. The van der Waals surface area contributed by atoms with Crippen LogP contribution in [0.25, 0.3) is 0 Å². The molecule has 0 aliphatic carbocycles. The SMILES string of the molecule is Cc1nc(CCNC(C)c2cccc(F)c2)cs1. The van der Waals surface area contributed by atoms with E-state index in [9.17, 15) is 4.39 Å². The number of nitrogens with one attached hydrogen (secondary N) is 1. The van der Waals surface area contributed by atoms with E-state index in [0.29, 0.717) is 0 Å². The molecule has 4 heteroatoms. The van der Waals surface area contributed by atoms with Crippen molar-refractivity contribution in [1.29, 1.82) is 0 Å². The van der Waals surface area contributed by atoms with Gasteiger partial charge in [0.25, 0.3) is 0 Å². The van der Waals surface area contributed by atoms with Gasteiger partial charge in [-0.05, 0) is 31.5 Å². The molecule has 1 unspecified atom stereocenters. The van der Waals surface area contributed by atoms with E-state index in [1.807, 2.05) is 19.9 Å². The molecule has 0 aliphatic rings. The Morgan fingerprint density at radius 3 is 2.94 bits per heavy atom. The Bertz CT molecular complexity index is 510. The maximum atomic E-state index is 13.1. The van der Waals surface area contributed by atoms with Crippen LogP contribution >= 0.6 is 11.3 Å². The lowest BCUT2D eigenvalue weighted by atomic mass is 10.1. The van der Waals surface area contributed by atoms with Gasteiger partial charge in [0.05, 0.1) is 10.7 Å². The molecule has 0 radical (unpaired) electrons. The van der Waals surface area contributed by atoms with Gasteiger partial charge in [0.15, 0.2) is 0 Å². The Labute approximate surface area is 111 Å². The molecule has 1 atom stereocenters. The molecule has 0 aliphatic heterocycles. The lowest BCUT2D eigenvalue weighted by molar-refractivity contribution is 0.565. The molecule has 1 N–H and O–H groups in total. The van der Waals surface area contributed by atoms with Crippen LogP contribution in [0.5, 0.6) is 0 Å². The van der Waals surface area contributed by atoms with Gasteiger partial charge in [0, 0.05) is 24.4 Å². The standard InChI is InChI=1S/C14H17FN2S/c1-10(12-4-3-5-13(15)8-12)16-7-6-14-9-18-11(2)17-14/h3-5,8-10,16H,6-7H2,1-2H3. The molecule has 2 rings (SSSR count). The van der Waals surface area contributed by atoms with Gasteiger partial charge >= 0.3 is 0 Å². The molecule has 0 saturated carbocycles. The van der Waals surface area contributed by atoms with Crippen LogP contribution in [0.2, 0.25) is 0 Å². The van der Waals surface area contributed by atoms with E-state index in [-0.39, 0.29) is 11.9 Å². The molecular weight excluding hydrogens is 247 g/mol. The zero-order chi connectivity index (χ0) is 13.0. The number of benzene rings is 1. The summed E-state index contributed by atoms with van der Waals surface area (Å²) in [7, 11) is 0. The third-order valence-electron chi connectivity index (χ3n) is 2.85. The minimum Gasteiger partial charge on any atom is -0.310 e. The highest BCUT2D eigenvalue weighted by Crippen LogP contribution is 2.13. The minimum atomic E-state index is -0.184. The molecule has 2 nitrogen and oxygen atoms in total. The highest BCUT2D eigenvalue weighted by atomic mass is 32.1. The van der Waals surface area contributed by atoms with E-state index in [2.05, 4.69) is 15.7 Å². The fourth-order valence-corrected chi connectivity index (χ4v) is 2.48. The van der Waals surface area contributed by atoms with E-state index in [0.717, 1.165) is 29.2 Å². The fraction of sp³-hybridized carbons (Fsp3) is 0.357. The van der Waals surface area contributed by atoms with Gasteiger partial charge in [-0.15, -0.1) is 11.3 Å². The van der Waals surface area contributed by atoms with Crippen LogP contribution in [0.4, 0.5) is 4.39 Å². The van der Waals surface area contributed by atoms with Crippen molar-refractivity contribution in [3.63, 3.8) is 0 Å². The van der Waals surface area contributed by atoms with Crippen LogP contribution < -0.4 is 5.32 Å². The molecule has 1 heterocycles. The van der Waals surface area contributed by atoms with Crippen molar-refractivity contribution in [2.24, 2.45) is 0 Å². The van der Waals surface area contributed by atoms with Crippen molar-refractivity contribution < 1.29 is 4.39 Å². The summed E-state index contributed by atoms with van der Waals surface area (Å²) in [5.41, 5.74) is 2.10. The maximum Gasteiger partial charge on any atom is 0.123 e. The first kappa shape index (κ1) is 13.2. The number of hydrogen-bond acceptors (Lipinski definition) is 3. The lowest BCUT2D eigenvalue weighted by Crippen LogP contribution is -2.21. The highest BCUT2D eigenvalue weighted by Gasteiger charge is 2.06. The van der Waals surface area contributed by atoms with Crippen LogP contribution in [-0.4, -0.2) is 11.5 Å². The van der Waals surface area contributed by atoms with Crippen molar-refractivity contribution >= 4 is 11.3 Å². The van der Waals surface area contributed by atoms with Gasteiger partial charge in [-0.25, -0.2) is 9.37 Å². The second-order valence-corrected chi connectivity index (χ2v) is 5.40. The molecule has 1 aromatic carbocycles. The molecule has 0 amide bonds. The summed E-state index contributed by atoms with van der Waals surface area (Å²) in [4.78, 5) is 4.41. The first-order valence-corrected chi connectivity index (χ1v) is 6.93. The van der Waals surface area contributed by atoms with Crippen LogP contribution in [0.3, 0.4) is 0 Å². The zero-order valence-corrected chi connectivity index (χ0v) is 11.4. The summed E-state index contributed by atoms with van der Waals surface area (Å²) in [5.74, 6) is -0.184. The monoisotopic (exact) mass is 264 g/mol. The van der Waals surface area contributed by atoms with E-state index in [1.54, 1.807) is 23.5 Å². The van der Waals surface area contributed by atoms with Crippen molar-refractivity contribution in [3.8, 4) is 0 Å². The maximum absolute atomic E-state index is 13.1. The molecule has 96 valence electrons. The topological polar surface area (TPSA) is 24.9 Å². The largest absolute Gasteiger partial charge is 0.310 e. The molecule has 0 fully saturated rings. The van der Waals surface area contributed by atoms with E-state index in [1.165, 1.54) is 6.07 Å². The van der Waals surface area contributed by atoms with Crippen LogP contribution in [-0.2, 0) is 6.42 Å². The second-order valence-electron chi connectivity index (χ2n) is 4.34. The van der Waals surface area contributed by atoms with Gasteiger partial charge in [0.2, 0.25) is 0 Å². The van der Waals surface area contributed by atoms with E-state index < -0.39 is 0 Å². The molecule has 0 saturated heterocycles. The molecule has 1 aromatic heterocycles. The van der Waals surface area contributed by atoms with Crippen LogP contribution in [0, 0.1) is 12.7 Å². The summed E-state index contributed by atoms with van der Waals surface area (Å²) < 4.78 is 13.1. The summed E-state index contributed by atoms with van der Waals surface area (Å²) in [5, 5.41) is 6.57. The smallest absolute Gasteiger partial charge is 0.123 e. The molecule has 18 heavy (non-hydrogen) atoms. The summed E-state index contributed by atoms with van der Waals surface area (Å²) in [6, 6.07) is 6.87. The first-order chi connectivity index (χ1) is 8.65. The molecule has 0 spiro atoms. The van der Waals surface area contributed by atoms with Crippen LogP contribution in [0.1, 0.15) is 29.2 Å². The average molecular weight is 264 g/mol. The Hall–Kier alpha value is -1.26. The Balaban J connectivity index is 1.83. The van der Waals surface area contributed by atoms with Gasteiger partial charge < -0.3 is 5.32 Å². The van der Waals surface area contributed by atoms with Crippen molar-refractivity contribution in [1.82, 2.24) is 10.3 Å². The number of thiazole rings is 1. The lowest BCUT2D eigenvalue weighted by Gasteiger charge is -2.13. The van der Waals surface area contributed by atoms with Gasteiger partial charge in [-0.1, -0.05) is 12.1 Å². The quantitative estimate of drug-likeness (QED) is 0.894. The third kappa shape index (κ3) is 3.62. The molecule has 2 aromatic rings. The average Bonchev–Trinajstić information content (AvgIpc) is 2.75. The summed E-state index contributed by atoms with van der Waals surface area (Å²) in [6.45, 7) is 4.90. The number of halogens is 1. The number of aryl methyl sites for hydroxylation is 1. The van der Waals surface area contributed by atoms with E-state index >= 15 is 0 Å². The first-order valence-electron chi connectivity index (χ1n) is 6.05. The van der Waals surface area contributed by atoms with Gasteiger partial charge in [0.1, 0.15) is 5.82 Å². The number of aromatic nitrogens is 1. The Kier molecular flexibility index (Phi) is 4.44. The third-order valence-corrected chi connectivity index (χ3v) is 3.67. The Morgan fingerprint density at radius 1 is 1.44 bits per heavy atom. The van der Waals surface area contributed by atoms with Crippen LogP contribution in [0.15, 0.2) is 29.6 Å². The summed E-state index contributed by atoms with van der Waals surface area (Å²) >= 11 is 1.67.